The Bertz CT molecular complexity index is 2010. The van der Waals surface area contributed by atoms with Gasteiger partial charge in [-0.3, -0.25) is 0 Å². The lowest BCUT2D eigenvalue weighted by molar-refractivity contribution is 0.793. The fourth-order valence-electron chi connectivity index (χ4n) is 7.05. The summed E-state index contributed by atoms with van der Waals surface area (Å²) in [4.78, 5) is 2.28. The molecule has 0 fully saturated rings. The van der Waals surface area contributed by atoms with Crippen LogP contribution in [0.25, 0.3) is 22.3 Å². The van der Waals surface area contributed by atoms with E-state index in [1.54, 1.807) is 0 Å². The van der Waals surface area contributed by atoms with Crippen molar-refractivity contribution in [3.8, 4) is 34.4 Å². The molecule has 0 bridgehead atoms. The summed E-state index contributed by atoms with van der Waals surface area (Å²) in [5, 5.41) is 19.9. The van der Waals surface area contributed by atoms with Crippen molar-refractivity contribution in [2.45, 2.75) is 5.41 Å². The third kappa shape index (κ3) is 3.20. The minimum Gasteiger partial charge on any atom is -0.310 e. The molecule has 0 radical (unpaired) electrons. The predicted octanol–water partition coefficient (Wildman–Crippen LogP) is 9.24. The van der Waals surface area contributed by atoms with Crippen LogP contribution in [0.1, 0.15) is 33.4 Å². The average molecular weight is 534 g/mol. The van der Waals surface area contributed by atoms with Gasteiger partial charge in [-0.15, -0.1) is 0 Å². The number of anilines is 3. The molecule has 0 heterocycles. The molecule has 0 atom stereocenters. The van der Waals surface area contributed by atoms with Crippen LogP contribution in [0, 0.1) is 22.7 Å². The van der Waals surface area contributed by atoms with Crippen molar-refractivity contribution in [3.63, 3.8) is 0 Å². The molecule has 0 amide bonds. The van der Waals surface area contributed by atoms with E-state index in [0.29, 0.717) is 11.1 Å². The van der Waals surface area contributed by atoms with E-state index < -0.39 is 5.41 Å². The monoisotopic (exact) mass is 533 g/mol. The van der Waals surface area contributed by atoms with Crippen LogP contribution in [0.2, 0.25) is 0 Å². The molecule has 0 aromatic heterocycles. The maximum Gasteiger partial charge on any atom is 0.0991 e. The summed E-state index contributed by atoms with van der Waals surface area (Å²) in [6.07, 6.45) is 0. The second kappa shape index (κ2) is 9.07. The largest absolute Gasteiger partial charge is 0.310 e. The van der Waals surface area contributed by atoms with Gasteiger partial charge in [0.25, 0.3) is 0 Å². The van der Waals surface area contributed by atoms with Crippen molar-refractivity contribution in [2.75, 3.05) is 4.90 Å². The Morgan fingerprint density at radius 2 is 0.857 bits per heavy atom. The molecule has 2 aliphatic carbocycles. The first kappa shape index (κ1) is 23.9. The van der Waals surface area contributed by atoms with E-state index in [9.17, 15) is 10.5 Å². The zero-order chi connectivity index (χ0) is 28.3. The Kier molecular flexibility index (Phi) is 5.17. The molecule has 194 valence electrons. The highest BCUT2D eigenvalue weighted by molar-refractivity contribution is 5.96. The van der Waals surface area contributed by atoms with Gasteiger partial charge < -0.3 is 4.90 Å². The third-order valence-corrected chi connectivity index (χ3v) is 8.71. The molecule has 0 saturated heterocycles. The molecule has 3 nitrogen and oxygen atoms in total. The number of rotatable bonds is 3. The first-order valence-corrected chi connectivity index (χ1v) is 14.0. The van der Waals surface area contributed by atoms with Crippen LogP contribution in [-0.4, -0.2) is 0 Å². The zero-order valence-electron chi connectivity index (χ0n) is 22.6. The van der Waals surface area contributed by atoms with Crippen molar-refractivity contribution < 1.29 is 0 Å². The second-order valence-electron chi connectivity index (χ2n) is 10.8. The van der Waals surface area contributed by atoms with Crippen LogP contribution in [0.3, 0.4) is 0 Å². The highest BCUT2D eigenvalue weighted by Gasteiger charge is 2.52. The number of hydrogen-bond donors (Lipinski definition) is 0. The van der Waals surface area contributed by atoms with E-state index >= 15 is 0 Å². The number of nitrogens with zero attached hydrogens (tertiary/aromatic N) is 3. The molecule has 0 N–H and O–H groups in total. The molecule has 8 rings (SSSR count). The summed E-state index contributed by atoms with van der Waals surface area (Å²) in [5.74, 6) is 0. The van der Waals surface area contributed by atoms with E-state index in [1.807, 2.05) is 36.4 Å². The van der Waals surface area contributed by atoms with Crippen molar-refractivity contribution in [2.24, 2.45) is 0 Å². The first-order chi connectivity index (χ1) is 20.7. The van der Waals surface area contributed by atoms with Crippen molar-refractivity contribution in [1.29, 1.82) is 10.5 Å². The second-order valence-corrected chi connectivity index (χ2v) is 10.8. The molecule has 2 aliphatic rings. The zero-order valence-corrected chi connectivity index (χ0v) is 22.6. The Balaban J connectivity index is 1.48. The topological polar surface area (TPSA) is 50.8 Å². The van der Waals surface area contributed by atoms with E-state index in [2.05, 4.69) is 120 Å². The predicted molar refractivity (Wildman–Crippen MR) is 167 cm³/mol. The highest BCUT2D eigenvalue weighted by atomic mass is 15.1. The summed E-state index contributed by atoms with van der Waals surface area (Å²) in [5.41, 5.74) is 12.8. The van der Waals surface area contributed by atoms with Gasteiger partial charge in [0.2, 0.25) is 0 Å². The molecule has 0 aliphatic heterocycles. The van der Waals surface area contributed by atoms with Gasteiger partial charge in [0.15, 0.2) is 0 Å². The van der Waals surface area contributed by atoms with E-state index in [-0.39, 0.29) is 0 Å². The summed E-state index contributed by atoms with van der Waals surface area (Å²) in [6, 6.07) is 52.9. The van der Waals surface area contributed by atoms with Gasteiger partial charge in [0, 0.05) is 17.1 Å². The number of fused-ring (bicyclic) bond motifs is 10. The van der Waals surface area contributed by atoms with Crippen molar-refractivity contribution in [1.82, 2.24) is 0 Å². The van der Waals surface area contributed by atoms with Gasteiger partial charge in [-0.2, -0.15) is 10.5 Å². The Morgan fingerprint density at radius 3 is 1.40 bits per heavy atom. The smallest absolute Gasteiger partial charge is 0.0991 e. The van der Waals surface area contributed by atoms with Crippen LogP contribution < -0.4 is 4.90 Å². The molecular weight excluding hydrogens is 510 g/mol. The summed E-state index contributed by atoms with van der Waals surface area (Å²) in [7, 11) is 0. The average Bonchev–Trinajstić information content (AvgIpc) is 3.52. The number of hydrogen-bond acceptors (Lipinski definition) is 3. The number of benzene rings is 6. The van der Waals surface area contributed by atoms with Crippen LogP contribution >= 0.6 is 0 Å². The van der Waals surface area contributed by atoms with Gasteiger partial charge in [-0.25, -0.2) is 0 Å². The van der Waals surface area contributed by atoms with Gasteiger partial charge >= 0.3 is 0 Å². The Hall–Kier alpha value is -5.90. The molecule has 3 heteroatoms. The minimum atomic E-state index is -0.661. The molecule has 1 spiro atoms. The van der Waals surface area contributed by atoms with Crippen molar-refractivity contribution >= 4 is 17.1 Å². The molecule has 42 heavy (non-hydrogen) atoms. The lowest BCUT2D eigenvalue weighted by Crippen LogP contribution is -2.26. The van der Waals surface area contributed by atoms with E-state index in [0.717, 1.165) is 44.9 Å². The maximum atomic E-state index is 9.96. The van der Waals surface area contributed by atoms with Gasteiger partial charge in [-0.05, 0) is 105 Å². The van der Waals surface area contributed by atoms with Gasteiger partial charge in [0.05, 0.1) is 28.7 Å². The minimum absolute atomic E-state index is 0.624. The molecule has 0 saturated carbocycles. The number of para-hydroxylation sites is 2. The van der Waals surface area contributed by atoms with E-state index in [4.69, 9.17) is 0 Å². The highest BCUT2D eigenvalue weighted by Crippen LogP contribution is 2.63. The Labute approximate surface area is 244 Å². The molecule has 6 aromatic carbocycles. The molecular formula is C39H23N3. The van der Waals surface area contributed by atoms with Crippen LogP contribution in [0.15, 0.2) is 140 Å². The lowest BCUT2D eigenvalue weighted by Gasteiger charge is -2.32. The lowest BCUT2D eigenvalue weighted by atomic mass is 9.70. The standard InChI is InChI=1S/C39H23N3/c40-24-26-15-18-32-33-19-16-27(25-41)22-37(33)39(36(32)21-26)35-14-8-7-13-31(35)34-20-17-30(23-38(34)39)42(28-9-3-1-4-10-28)29-11-5-2-6-12-29/h1-23H. The fourth-order valence-corrected chi connectivity index (χ4v) is 7.05. The van der Waals surface area contributed by atoms with Gasteiger partial charge in [-0.1, -0.05) is 78.9 Å². The Morgan fingerprint density at radius 1 is 0.405 bits per heavy atom. The van der Waals surface area contributed by atoms with Crippen molar-refractivity contribution in [3.05, 3.63) is 173 Å². The molecule has 6 aromatic rings. The third-order valence-electron chi connectivity index (χ3n) is 8.71. The van der Waals surface area contributed by atoms with E-state index in [1.165, 1.54) is 16.7 Å². The summed E-state index contributed by atoms with van der Waals surface area (Å²) < 4.78 is 0. The fraction of sp³-hybridized carbons (Fsp3) is 0.0256. The number of nitriles is 2. The van der Waals surface area contributed by atoms with Gasteiger partial charge in [0.1, 0.15) is 0 Å². The SMILES string of the molecule is N#Cc1ccc2c(c1)C1(c3ccccc3-c3ccc(N(c4ccccc4)c4ccccc4)cc31)c1cc(C#N)ccc1-2. The maximum absolute atomic E-state index is 9.96. The van der Waals surface area contributed by atoms with Crippen LogP contribution in [0.4, 0.5) is 17.1 Å². The summed E-state index contributed by atoms with van der Waals surface area (Å²) >= 11 is 0. The first-order valence-electron chi connectivity index (χ1n) is 14.0. The van der Waals surface area contributed by atoms with Crippen LogP contribution in [-0.2, 0) is 5.41 Å². The normalized spacial score (nSPS) is 12.9. The molecule has 0 unspecified atom stereocenters. The summed E-state index contributed by atoms with van der Waals surface area (Å²) in [6.45, 7) is 0. The van der Waals surface area contributed by atoms with Crippen LogP contribution in [0.5, 0.6) is 0 Å². The quantitative estimate of drug-likeness (QED) is 0.227.